The second kappa shape index (κ2) is 7.34. The number of hydrogen-bond acceptors (Lipinski definition) is 4. The molecule has 1 aliphatic heterocycles. The largest absolute Gasteiger partial charge is 0.486 e. The van der Waals surface area contributed by atoms with Gasteiger partial charge in [-0.3, -0.25) is 4.98 Å². The maximum atomic E-state index is 5.83. The Labute approximate surface area is 109 Å². The molecule has 18 heavy (non-hydrogen) atoms. The molecular formula is C14H22N2O2. The molecular weight excluding hydrogens is 228 g/mol. The van der Waals surface area contributed by atoms with Crippen molar-refractivity contribution in [2.45, 2.75) is 38.8 Å². The van der Waals surface area contributed by atoms with Crippen LogP contribution in [0.25, 0.3) is 0 Å². The summed E-state index contributed by atoms with van der Waals surface area (Å²) in [5.41, 5.74) is 1.05. The Hall–Kier alpha value is -1.13. The number of nitrogens with zero attached hydrogens (tertiary/aromatic N) is 1. The van der Waals surface area contributed by atoms with Crippen LogP contribution >= 0.6 is 0 Å². The Bertz CT molecular complexity index is 334. The first-order chi connectivity index (χ1) is 8.88. The van der Waals surface area contributed by atoms with Crippen LogP contribution in [0.5, 0.6) is 5.75 Å². The van der Waals surface area contributed by atoms with Gasteiger partial charge in [0.05, 0.1) is 18.5 Å². The molecule has 1 aliphatic rings. The van der Waals surface area contributed by atoms with Gasteiger partial charge in [-0.15, -0.1) is 0 Å². The summed E-state index contributed by atoms with van der Waals surface area (Å²) < 4.78 is 11.2. The molecule has 0 bridgehead atoms. The van der Waals surface area contributed by atoms with Gasteiger partial charge in [0, 0.05) is 13.2 Å². The van der Waals surface area contributed by atoms with Crippen molar-refractivity contribution in [2.75, 3.05) is 19.8 Å². The van der Waals surface area contributed by atoms with E-state index in [-0.39, 0.29) is 6.10 Å². The Morgan fingerprint density at radius 3 is 3.11 bits per heavy atom. The fourth-order valence-electron chi connectivity index (χ4n) is 1.98. The quantitative estimate of drug-likeness (QED) is 0.786. The van der Waals surface area contributed by atoms with Crippen LogP contribution in [0.1, 0.15) is 31.9 Å². The van der Waals surface area contributed by atoms with Gasteiger partial charge in [-0.05, 0) is 37.9 Å². The van der Waals surface area contributed by atoms with E-state index in [9.17, 15) is 0 Å². The van der Waals surface area contributed by atoms with Crippen molar-refractivity contribution in [3.63, 3.8) is 0 Å². The third-order valence-corrected chi connectivity index (χ3v) is 2.95. The van der Waals surface area contributed by atoms with Crippen LogP contribution in [-0.2, 0) is 11.3 Å². The first kappa shape index (κ1) is 13.3. The minimum atomic E-state index is 0.185. The van der Waals surface area contributed by atoms with Crippen LogP contribution in [0.3, 0.4) is 0 Å². The van der Waals surface area contributed by atoms with Gasteiger partial charge in [0.25, 0.3) is 0 Å². The molecule has 100 valence electrons. The van der Waals surface area contributed by atoms with E-state index in [0.717, 1.165) is 50.4 Å². The number of pyridine rings is 1. The normalized spacial score (nSPS) is 19.7. The van der Waals surface area contributed by atoms with Crippen LogP contribution in [0.2, 0.25) is 0 Å². The van der Waals surface area contributed by atoms with E-state index in [1.54, 1.807) is 6.20 Å². The van der Waals surface area contributed by atoms with Crippen LogP contribution < -0.4 is 10.1 Å². The number of ether oxygens (including phenoxy) is 2. The lowest BCUT2D eigenvalue weighted by molar-refractivity contribution is 0.00727. The van der Waals surface area contributed by atoms with Crippen molar-refractivity contribution in [3.05, 3.63) is 24.0 Å². The van der Waals surface area contributed by atoms with Gasteiger partial charge < -0.3 is 14.8 Å². The highest BCUT2D eigenvalue weighted by atomic mass is 16.5. The predicted octanol–water partition coefficient (Wildman–Crippen LogP) is 2.14. The number of rotatable bonds is 6. The average Bonchev–Trinajstić information content (AvgIpc) is 2.42. The summed E-state index contributed by atoms with van der Waals surface area (Å²) in [6, 6.07) is 4.01. The lowest BCUT2D eigenvalue weighted by Crippen LogP contribution is -2.28. The Morgan fingerprint density at radius 2 is 2.44 bits per heavy atom. The molecule has 1 saturated heterocycles. The maximum Gasteiger partial charge on any atom is 0.138 e. The monoisotopic (exact) mass is 250 g/mol. The Kier molecular flexibility index (Phi) is 5.42. The van der Waals surface area contributed by atoms with Gasteiger partial charge in [-0.2, -0.15) is 0 Å². The van der Waals surface area contributed by atoms with E-state index in [4.69, 9.17) is 9.47 Å². The van der Waals surface area contributed by atoms with E-state index in [0.29, 0.717) is 6.61 Å². The van der Waals surface area contributed by atoms with E-state index in [1.807, 2.05) is 12.1 Å². The van der Waals surface area contributed by atoms with Gasteiger partial charge in [0.1, 0.15) is 11.9 Å². The highest BCUT2D eigenvalue weighted by Crippen LogP contribution is 2.16. The zero-order chi connectivity index (χ0) is 12.6. The number of aromatic nitrogens is 1. The van der Waals surface area contributed by atoms with Crippen LogP contribution in [0.15, 0.2) is 18.3 Å². The summed E-state index contributed by atoms with van der Waals surface area (Å²) in [6.45, 7) is 5.56. The SMILES string of the molecule is CCCNCc1ccc(OC2CCCOC2)cn1. The molecule has 1 fully saturated rings. The molecule has 0 saturated carbocycles. The highest BCUT2D eigenvalue weighted by Gasteiger charge is 2.15. The molecule has 1 N–H and O–H groups in total. The fraction of sp³-hybridized carbons (Fsp3) is 0.643. The second-order valence-electron chi connectivity index (χ2n) is 4.62. The average molecular weight is 250 g/mol. The molecule has 0 aliphatic carbocycles. The lowest BCUT2D eigenvalue weighted by Gasteiger charge is -2.23. The van der Waals surface area contributed by atoms with Gasteiger partial charge in [0.2, 0.25) is 0 Å². The van der Waals surface area contributed by atoms with Crippen LogP contribution in [-0.4, -0.2) is 30.8 Å². The standard InChI is InChI=1S/C14H22N2O2/c1-2-7-15-9-12-5-6-13(10-16-12)18-14-4-3-8-17-11-14/h5-6,10,14-15H,2-4,7-9,11H2,1H3. The van der Waals surface area contributed by atoms with Crippen molar-refractivity contribution < 1.29 is 9.47 Å². The Balaban J connectivity index is 1.79. The molecule has 1 aromatic heterocycles. The molecule has 4 heteroatoms. The third-order valence-electron chi connectivity index (χ3n) is 2.95. The maximum absolute atomic E-state index is 5.83. The first-order valence-corrected chi connectivity index (χ1v) is 6.78. The summed E-state index contributed by atoms with van der Waals surface area (Å²) in [4.78, 5) is 4.39. The summed E-state index contributed by atoms with van der Waals surface area (Å²) >= 11 is 0. The summed E-state index contributed by atoms with van der Waals surface area (Å²) in [7, 11) is 0. The molecule has 0 amide bonds. The molecule has 0 aromatic carbocycles. The fourth-order valence-corrected chi connectivity index (χ4v) is 1.98. The van der Waals surface area contributed by atoms with Gasteiger partial charge in [-0.25, -0.2) is 0 Å². The van der Waals surface area contributed by atoms with Crippen molar-refractivity contribution >= 4 is 0 Å². The molecule has 4 nitrogen and oxygen atoms in total. The topological polar surface area (TPSA) is 43.4 Å². The second-order valence-corrected chi connectivity index (χ2v) is 4.62. The molecule has 2 rings (SSSR count). The smallest absolute Gasteiger partial charge is 0.138 e. The molecule has 0 spiro atoms. The van der Waals surface area contributed by atoms with E-state index >= 15 is 0 Å². The minimum Gasteiger partial charge on any atom is -0.486 e. The van der Waals surface area contributed by atoms with E-state index < -0.39 is 0 Å². The van der Waals surface area contributed by atoms with Gasteiger partial charge in [-0.1, -0.05) is 6.92 Å². The molecule has 1 unspecified atom stereocenters. The van der Waals surface area contributed by atoms with Gasteiger partial charge in [0.15, 0.2) is 0 Å². The first-order valence-electron chi connectivity index (χ1n) is 6.78. The van der Waals surface area contributed by atoms with Crippen molar-refractivity contribution in [3.8, 4) is 5.75 Å². The van der Waals surface area contributed by atoms with Crippen molar-refractivity contribution in [1.29, 1.82) is 0 Å². The zero-order valence-corrected chi connectivity index (χ0v) is 11.0. The predicted molar refractivity (Wildman–Crippen MR) is 70.7 cm³/mol. The molecule has 1 atom stereocenters. The highest BCUT2D eigenvalue weighted by molar-refractivity contribution is 5.20. The summed E-state index contributed by atoms with van der Waals surface area (Å²) in [5, 5.41) is 3.33. The van der Waals surface area contributed by atoms with E-state index in [1.165, 1.54) is 0 Å². The summed E-state index contributed by atoms with van der Waals surface area (Å²) in [5.74, 6) is 0.838. The van der Waals surface area contributed by atoms with Crippen molar-refractivity contribution in [1.82, 2.24) is 10.3 Å². The number of hydrogen-bond donors (Lipinski definition) is 1. The molecule has 0 radical (unpaired) electrons. The van der Waals surface area contributed by atoms with Gasteiger partial charge >= 0.3 is 0 Å². The minimum absolute atomic E-state index is 0.185. The third kappa shape index (κ3) is 4.27. The molecule has 2 heterocycles. The van der Waals surface area contributed by atoms with Crippen LogP contribution in [0, 0.1) is 0 Å². The molecule has 1 aromatic rings. The Morgan fingerprint density at radius 1 is 1.50 bits per heavy atom. The lowest BCUT2D eigenvalue weighted by atomic mass is 10.2. The van der Waals surface area contributed by atoms with Crippen molar-refractivity contribution in [2.24, 2.45) is 0 Å². The summed E-state index contributed by atoms with van der Waals surface area (Å²) in [6.07, 6.45) is 5.28. The zero-order valence-electron chi connectivity index (χ0n) is 11.0. The number of nitrogens with one attached hydrogen (secondary N) is 1. The van der Waals surface area contributed by atoms with E-state index in [2.05, 4.69) is 17.2 Å². The van der Waals surface area contributed by atoms with Crippen LogP contribution in [0.4, 0.5) is 0 Å².